The van der Waals surface area contributed by atoms with Gasteiger partial charge in [-0.1, -0.05) is 180 Å². The summed E-state index contributed by atoms with van der Waals surface area (Å²) in [6.07, 6.45) is 33.6. The van der Waals surface area contributed by atoms with E-state index in [0.29, 0.717) is 12.8 Å². The third kappa shape index (κ3) is 26.7. The Morgan fingerprint density at radius 1 is 0.611 bits per heavy atom. The number of nitrogens with one attached hydrogen (secondary N) is 1. The smallest absolute Gasteiger partial charge is 0.220 e. The van der Waals surface area contributed by atoms with Crippen LogP contribution in [0.5, 0.6) is 0 Å². The molecular weight excluding hydrogens is 682 g/mol. The van der Waals surface area contributed by atoms with Crippen molar-refractivity contribution in [3.8, 4) is 0 Å². The second-order valence-corrected chi connectivity index (χ2v) is 16.2. The molecule has 1 fully saturated rings. The molecule has 1 aliphatic heterocycles. The first-order valence-corrected chi connectivity index (χ1v) is 22.9. The van der Waals surface area contributed by atoms with Crippen molar-refractivity contribution < 1.29 is 39.8 Å². The van der Waals surface area contributed by atoms with E-state index in [4.69, 9.17) is 9.47 Å². The number of carbonyl (C=O) groups excluding carboxylic acids is 1. The zero-order chi connectivity index (χ0) is 39.5. The van der Waals surface area contributed by atoms with Crippen molar-refractivity contribution >= 4 is 5.91 Å². The number of hydrogen-bond donors (Lipinski definition) is 6. The fraction of sp³-hybridized carbons (Fsp3) is 0.933. The Labute approximate surface area is 331 Å². The maximum Gasteiger partial charge on any atom is 0.220 e. The molecule has 6 N–H and O–H groups in total. The third-order valence-electron chi connectivity index (χ3n) is 11.1. The lowest BCUT2D eigenvalue weighted by Crippen LogP contribution is -2.60. The first kappa shape index (κ1) is 50.9. The molecule has 0 bridgehead atoms. The number of rotatable bonds is 38. The predicted octanol–water partition coefficient (Wildman–Crippen LogP) is 9.34. The Balaban J connectivity index is 2.35. The number of ether oxygens (including phenoxy) is 2. The first-order chi connectivity index (χ1) is 26.3. The molecule has 1 amide bonds. The Morgan fingerprint density at radius 2 is 1.04 bits per heavy atom. The number of amides is 1. The van der Waals surface area contributed by atoms with Gasteiger partial charge in [0.25, 0.3) is 0 Å². The van der Waals surface area contributed by atoms with Crippen LogP contribution in [0.4, 0.5) is 0 Å². The molecule has 0 radical (unpaired) electrons. The van der Waals surface area contributed by atoms with E-state index >= 15 is 0 Å². The minimum absolute atomic E-state index is 0.146. The molecule has 0 saturated carbocycles. The second-order valence-electron chi connectivity index (χ2n) is 16.2. The van der Waals surface area contributed by atoms with Gasteiger partial charge in [-0.3, -0.25) is 4.79 Å². The van der Waals surface area contributed by atoms with Crippen LogP contribution in [0.25, 0.3) is 0 Å². The summed E-state index contributed by atoms with van der Waals surface area (Å²) in [5, 5.41) is 54.3. The maximum atomic E-state index is 13.0. The Kier molecular flexibility index (Phi) is 34.2. The Hall–Kier alpha value is -1.07. The van der Waals surface area contributed by atoms with Gasteiger partial charge in [-0.15, -0.1) is 0 Å². The van der Waals surface area contributed by atoms with Crippen LogP contribution in [0.2, 0.25) is 0 Å². The summed E-state index contributed by atoms with van der Waals surface area (Å²) in [5.74, 6) is -0.152. The van der Waals surface area contributed by atoms with E-state index in [1.165, 1.54) is 141 Å². The molecule has 0 aromatic rings. The molecule has 1 rings (SSSR count). The van der Waals surface area contributed by atoms with Crippen molar-refractivity contribution in [3.63, 3.8) is 0 Å². The molecule has 1 saturated heterocycles. The van der Waals surface area contributed by atoms with Crippen LogP contribution in [0, 0.1) is 0 Å². The highest BCUT2D eigenvalue weighted by atomic mass is 16.7. The normalized spacial score (nSPS) is 21.5. The van der Waals surface area contributed by atoms with Crippen LogP contribution in [-0.4, -0.2) is 87.5 Å². The van der Waals surface area contributed by atoms with E-state index in [1.54, 1.807) is 0 Å². The van der Waals surface area contributed by atoms with Gasteiger partial charge in [-0.2, -0.15) is 0 Å². The summed E-state index contributed by atoms with van der Waals surface area (Å²) in [7, 11) is 0. The van der Waals surface area contributed by atoms with E-state index < -0.39 is 49.5 Å². The number of hydrogen-bond acceptors (Lipinski definition) is 8. The average Bonchev–Trinajstić information content (AvgIpc) is 3.17. The summed E-state index contributed by atoms with van der Waals surface area (Å²) in [4.78, 5) is 13.0. The third-order valence-corrected chi connectivity index (χ3v) is 11.1. The number of aliphatic hydroxyl groups is 5. The number of unbranched alkanes of at least 4 members (excludes halogenated alkanes) is 26. The zero-order valence-corrected chi connectivity index (χ0v) is 35.0. The maximum absolute atomic E-state index is 13.0. The highest BCUT2D eigenvalue weighted by Gasteiger charge is 2.44. The van der Waals surface area contributed by atoms with Crippen molar-refractivity contribution in [1.82, 2.24) is 5.32 Å². The Morgan fingerprint density at radius 3 is 1.50 bits per heavy atom. The summed E-state index contributed by atoms with van der Waals surface area (Å²) in [5.41, 5.74) is 0. The fourth-order valence-corrected chi connectivity index (χ4v) is 7.39. The quantitative estimate of drug-likeness (QED) is 0.0269. The van der Waals surface area contributed by atoms with Crippen LogP contribution < -0.4 is 5.32 Å². The van der Waals surface area contributed by atoms with Gasteiger partial charge < -0.3 is 40.3 Å². The molecule has 0 aromatic carbocycles. The molecule has 1 aliphatic rings. The molecule has 2 unspecified atom stereocenters. The van der Waals surface area contributed by atoms with E-state index in [9.17, 15) is 30.3 Å². The van der Waals surface area contributed by atoms with Gasteiger partial charge in [0.05, 0.1) is 25.4 Å². The molecule has 7 atom stereocenters. The summed E-state index contributed by atoms with van der Waals surface area (Å²) in [6.45, 7) is 3.82. The van der Waals surface area contributed by atoms with Gasteiger partial charge in [0.15, 0.2) is 6.29 Å². The first-order valence-electron chi connectivity index (χ1n) is 22.9. The van der Waals surface area contributed by atoms with Gasteiger partial charge in [0.1, 0.15) is 24.4 Å². The van der Waals surface area contributed by atoms with Gasteiger partial charge in [0, 0.05) is 6.42 Å². The topological polar surface area (TPSA) is 149 Å². The number of aliphatic hydroxyl groups excluding tert-OH is 5. The van der Waals surface area contributed by atoms with E-state index in [2.05, 4.69) is 31.3 Å². The lowest BCUT2D eigenvalue weighted by Gasteiger charge is -2.40. The predicted molar refractivity (Wildman–Crippen MR) is 221 cm³/mol. The molecule has 0 aliphatic carbocycles. The van der Waals surface area contributed by atoms with Crippen molar-refractivity contribution in [3.05, 3.63) is 12.2 Å². The minimum atomic E-state index is -1.55. The molecular formula is C45H87NO8. The van der Waals surface area contributed by atoms with E-state index in [-0.39, 0.29) is 12.5 Å². The van der Waals surface area contributed by atoms with Crippen LogP contribution in [-0.2, 0) is 14.3 Å². The molecule has 1 heterocycles. The van der Waals surface area contributed by atoms with E-state index in [1.807, 2.05) is 0 Å². The zero-order valence-electron chi connectivity index (χ0n) is 35.0. The van der Waals surface area contributed by atoms with Crippen molar-refractivity contribution in [2.45, 2.75) is 256 Å². The minimum Gasteiger partial charge on any atom is -0.394 e. The lowest BCUT2D eigenvalue weighted by molar-refractivity contribution is -0.302. The highest BCUT2D eigenvalue weighted by Crippen LogP contribution is 2.23. The Bertz CT molecular complexity index is 858. The lowest BCUT2D eigenvalue weighted by atomic mass is 9.99. The highest BCUT2D eigenvalue weighted by molar-refractivity contribution is 5.76. The average molecular weight is 770 g/mol. The van der Waals surface area contributed by atoms with Crippen molar-refractivity contribution in [1.29, 1.82) is 0 Å². The van der Waals surface area contributed by atoms with Crippen LogP contribution in [0.3, 0.4) is 0 Å². The fourth-order valence-electron chi connectivity index (χ4n) is 7.39. The van der Waals surface area contributed by atoms with Crippen molar-refractivity contribution in [2.75, 3.05) is 13.2 Å². The van der Waals surface area contributed by atoms with Crippen molar-refractivity contribution in [2.24, 2.45) is 0 Å². The second kappa shape index (κ2) is 36.3. The van der Waals surface area contributed by atoms with Crippen LogP contribution in [0.1, 0.15) is 213 Å². The molecule has 0 spiro atoms. The van der Waals surface area contributed by atoms with Gasteiger partial charge in [-0.05, 0) is 38.5 Å². The standard InChI is InChI=1S/C45H87NO8/c1-3-5-7-9-11-13-15-17-19-21-22-24-26-28-30-32-34-39(48)38(37-53-45-44(52)43(51)42(50)40(36-47)54-45)46-41(49)35-33-31-29-27-25-23-20-18-16-14-12-10-8-6-4-2/h24,26,38-40,42-45,47-48,50-52H,3-23,25,27-37H2,1-2H3,(H,46,49)/b26-24+/t38-,39+,40+,42+,43?,44?,45+/m0/s1. The number of allylic oxidation sites excluding steroid dienone is 2. The number of carbonyl (C=O) groups is 1. The molecule has 320 valence electrons. The summed E-state index contributed by atoms with van der Waals surface area (Å²) < 4.78 is 11.2. The van der Waals surface area contributed by atoms with E-state index in [0.717, 1.165) is 44.9 Å². The monoisotopic (exact) mass is 770 g/mol. The molecule has 0 aromatic heterocycles. The van der Waals surface area contributed by atoms with Gasteiger partial charge in [-0.25, -0.2) is 0 Å². The molecule has 9 heteroatoms. The summed E-state index contributed by atoms with van der Waals surface area (Å²) >= 11 is 0. The summed E-state index contributed by atoms with van der Waals surface area (Å²) in [6, 6.07) is -0.729. The molecule has 54 heavy (non-hydrogen) atoms. The van der Waals surface area contributed by atoms with Gasteiger partial charge >= 0.3 is 0 Å². The van der Waals surface area contributed by atoms with Gasteiger partial charge in [0.2, 0.25) is 5.91 Å². The SMILES string of the molecule is CCCCCCCCCCCC/C=C/CCCC[C@@H](O)[C@H](CO[C@@H]1O[C@H](CO)[C@@H](O)C(O)C1O)NC(=O)CCCCCCCCCCCCCCCCC. The largest absolute Gasteiger partial charge is 0.394 e. The molecule has 9 nitrogen and oxygen atoms in total. The van der Waals surface area contributed by atoms with Crippen LogP contribution in [0.15, 0.2) is 12.2 Å². The van der Waals surface area contributed by atoms with Crippen LogP contribution >= 0.6 is 0 Å².